The first-order chi connectivity index (χ1) is 7.91. The van der Waals surface area contributed by atoms with Gasteiger partial charge < -0.3 is 0 Å². The molecule has 1 heterocycles. The number of nitrogens with zero attached hydrogens (tertiary/aromatic N) is 2. The monoisotopic (exact) mass is 273 g/mol. The van der Waals surface area contributed by atoms with E-state index in [2.05, 4.69) is 10.2 Å². The number of halogens is 1. The molecule has 0 unspecified atom stereocenters. The number of para-hydroxylation sites is 1. The fourth-order valence-corrected chi connectivity index (χ4v) is 2.64. The average Bonchev–Trinajstić information content (AvgIpc) is 2.60. The van der Waals surface area contributed by atoms with Gasteiger partial charge >= 0.3 is 5.37 Å². The van der Waals surface area contributed by atoms with E-state index < -0.39 is 15.4 Å². The highest BCUT2D eigenvalue weighted by atomic mass is 35.5. The average molecular weight is 274 g/mol. The van der Waals surface area contributed by atoms with Crippen molar-refractivity contribution in [3.05, 3.63) is 24.3 Å². The molecule has 0 aliphatic carbocycles. The van der Waals surface area contributed by atoms with Crippen LogP contribution >= 0.6 is 11.6 Å². The lowest BCUT2D eigenvalue weighted by Crippen LogP contribution is -2.32. The maximum Gasteiger partial charge on any atom is 0.336 e. The van der Waals surface area contributed by atoms with Crippen LogP contribution in [0.25, 0.3) is 10.9 Å². The number of aromatic amines is 1. The van der Waals surface area contributed by atoms with Crippen molar-refractivity contribution in [1.82, 2.24) is 10.2 Å². The van der Waals surface area contributed by atoms with Gasteiger partial charge in [-0.3, -0.25) is 9.89 Å². The highest BCUT2D eigenvalue weighted by molar-refractivity contribution is 7.93. The number of hydrogen-bond donors (Lipinski definition) is 1. The first kappa shape index (κ1) is 11.9. The van der Waals surface area contributed by atoms with E-state index in [-0.39, 0.29) is 5.82 Å². The highest BCUT2D eigenvalue weighted by Gasteiger charge is 2.27. The number of benzene rings is 1. The summed E-state index contributed by atoms with van der Waals surface area (Å²) in [6, 6.07) is 6.83. The first-order valence-electron chi connectivity index (χ1n) is 4.54. The van der Waals surface area contributed by atoms with Crippen LogP contribution in [0.3, 0.4) is 0 Å². The molecule has 1 N–H and O–H groups in total. The Morgan fingerprint density at radius 3 is 2.65 bits per heavy atom. The van der Waals surface area contributed by atoms with Gasteiger partial charge in [0.1, 0.15) is 0 Å². The number of carbonyl (C=O) groups is 1. The van der Waals surface area contributed by atoms with E-state index in [0.29, 0.717) is 15.2 Å². The molecule has 0 fully saturated rings. The summed E-state index contributed by atoms with van der Waals surface area (Å²) < 4.78 is 23.4. The van der Waals surface area contributed by atoms with E-state index in [1.54, 1.807) is 24.3 Å². The molecule has 0 aliphatic rings. The molecule has 0 bridgehead atoms. The largest absolute Gasteiger partial charge is 0.336 e. The second kappa shape index (κ2) is 4.01. The van der Waals surface area contributed by atoms with Crippen LogP contribution in [0.4, 0.5) is 10.6 Å². The summed E-state index contributed by atoms with van der Waals surface area (Å²) in [5.74, 6) is -0.0249. The maximum absolute atomic E-state index is 11.5. The number of H-pyrrole nitrogens is 1. The van der Waals surface area contributed by atoms with Crippen LogP contribution in [-0.2, 0) is 10.0 Å². The smallest absolute Gasteiger partial charge is 0.276 e. The summed E-state index contributed by atoms with van der Waals surface area (Å²) in [5, 5.41) is 5.81. The lowest BCUT2D eigenvalue weighted by atomic mass is 10.2. The van der Waals surface area contributed by atoms with E-state index in [1.165, 1.54) is 0 Å². The van der Waals surface area contributed by atoms with Crippen molar-refractivity contribution in [2.45, 2.75) is 0 Å². The molecule has 0 spiro atoms. The third-order valence-corrected chi connectivity index (χ3v) is 3.41. The molecule has 1 aromatic heterocycles. The van der Waals surface area contributed by atoms with E-state index >= 15 is 0 Å². The van der Waals surface area contributed by atoms with Gasteiger partial charge in [0, 0.05) is 5.39 Å². The number of hydrogen-bond acceptors (Lipinski definition) is 4. The molecule has 0 saturated heterocycles. The second-order valence-corrected chi connectivity index (χ2v) is 5.53. The molecule has 2 rings (SSSR count). The first-order valence-corrected chi connectivity index (χ1v) is 6.77. The fourth-order valence-electron chi connectivity index (χ4n) is 1.47. The molecule has 2 aromatic rings. The quantitative estimate of drug-likeness (QED) is 0.667. The number of anilines is 1. The zero-order valence-electron chi connectivity index (χ0n) is 8.71. The molecule has 0 atom stereocenters. The SMILES string of the molecule is CS(=O)(=O)N(C(=O)Cl)c1n[nH]c2ccccc12. The van der Waals surface area contributed by atoms with Crippen molar-refractivity contribution >= 4 is 43.7 Å². The number of fused-ring (bicyclic) bond motifs is 1. The number of aromatic nitrogens is 2. The van der Waals surface area contributed by atoms with Crippen molar-refractivity contribution in [1.29, 1.82) is 0 Å². The molecule has 0 radical (unpaired) electrons. The van der Waals surface area contributed by atoms with Gasteiger partial charge in [0.25, 0.3) is 0 Å². The lowest BCUT2D eigenvalue weighted by Gasteiger charge is -2.13. The van der Waals surface area contributed by atoms with Gasteiger partial charge in [0.2, 0.25) is 10.0 Å². The second-order valence-electron chi connectivity index (χ2n) is 3.37. The van der Waals surface area contributed by atoms with Crippen LogP contribution in [0.2, 0.25) is 0 Å². The summed E-state index contributed by atoms with van der Waals surface area (Å²) in [6.45, 7) is 0. The molecular weight excluding hydrogens is 266 g/mol. The Bertz CT molecular complexity index is 680. The van der Waals surface area contributed by atoms with Crippen LogP contribution in [0.15, 0.2) is 24.3 Å². The predicted octanol–water partition coefficient (Wildman–Crippen LogP) is 1.69. The molecule has 1 aromatic carbocycles. The van der Waals surface area contributed by atoms with Gasteiger partial charge in [-0.15, -0.1) is 0 Å². The lowest BCUT2D eigenvalue weighted by molar-refractivity contribution is 0.266. The Morgan fingerprint density at radius 2 is 2.06 bits per heavy atom. The Balaban J connectivity index is 2.70. The van der Waals surface area contributed by atoms with Crippen LogP contribution in [0.1, 0.15) is 0 Å². The highest BCUT2D eigenvalue weighted by Crippen LogP contribution is 2.26. The molecule has 17 heavy (non-hydrogen) atoms. The number of nitrogens with one attached hydrogen (secondary N) is 1. The Kier molecular flexibility index (Phi) is 2.80. The molecule has 1 amide bonds. The third-order valence-electron chi connectivity index (χ3n) is 2.13. The van der Waals surface area contributed by atoms with Gasteiger partial charge in [-0.25, -0.2) is 8.42 Å². The predicted molar refractivity (Wildman–Crippen MR) is 64.7 cm³/mol. The normalized spacial score (nSPS) is 11.6. The minimum absolute atomic E-state index is 0.0249. The third kappa shape index (κ3) is 2.11. The Labute approximate surface area is 102 Å². The van der Waals surface area contributed by atoms with E-state index in [9.17, 15) is 13.2 Å². The van der Waals surface area contributed by atoms with Gasteiger partial charge in [-0.1, -0.05) is 12.1 Å². The molecule has 90 valence electrons. The van der Waals surface area contributed by atoms with Crippen molar-refractivity contribution in [3.63, 3.8) is 0 Å². The van der Waals surface area contributed by atoms with Crippen LogP contribution < -0.4 is 4.31 Å². The zero-order chi connectivity index (χ0) is 12.6. The van der Waals surface area contributed by atoms with Gasteiger partial charge in [0.05, 0.1) is 11.8 Å². The standard InChI is InChI=1S/C9H8ClN3O3S/c1-17(15,16)13(9(10)14)8-6-4-2-3-5-7(6)11-12-8/h2-5H,1H3,(H,11,12). The number of carbonyl (C=O) groups excluding carboxylic acids is 1. The summed E-state index contributed by atoms with van der Waals surface area (Å²) in [4.78, 5) is 11.2. The topological polar surface area (TPSA) is 83.1 Å². The summed E-state index contributed by atoms with van der Waals surface area (Å²) in [7, 11) is -3.81. The molecule has 8 heteroatoms. The van der Waals surface area contributed by atoms with Crippen molar-refractivity contribution in [3.8, 4) is 0 Å². The minimum atomic E-state index is -3.81. The Morgan fingerprint density at radius 1 is 1.41 bits per heavy atom. The minimum Gasteiger partial charge on any atom is -0.276 e. The molecule has 6 nitrogen and oxygen atoms in total. The number of rotatable bonds is 2. The summed E-state index contributed by atoms with van der Waals surface area (Å²) >= 11 is 5.27. The van der Waals surface area contributed by atoms with E-state index in [4.69, 9.17) is 11.6 Å². The molecule has 0 saturated carbocycles. The maximum atomic E-state index is 11.5. The number of amides is 1. The van der Waals surface area contributed by atoms with Gasteiger partial charge in [-0.2, -0.15) is 9.40 Å². The van der Waals surface area contributed by atoms with Gasteiger partial charge in [-0.05, 0) is 23.7 Å². The summed E-state index contributed by atoms with van der Waals surface area (Å²) in [5.41, 5.74) is 0.620. The molecule has 0 aliphatic heterocycles. The summed E-state index contributed by atoms with van der Waals surface area (Å²) in [6.07, 6.45) is 0.886. The van der Waals surface area contributed by atoms with Crippen LogP contribution in [0.5, 0.6) is 0 Å². The van der Waals surface area contributed by atoms with Crippen LogP contribution in [-0.4, -0.2) is 30.2 Å². The fraction of sp³-hybridized carbons (Fsp3) is 0.111. The van der Waals surface area contributed by atoms with Gasteiger partial charge in [0.15, 0.2) is 5.82 Å². The number of sulfonamides is 1. The van der Waals surface area contributed by atoms with E-state index in [0.717, 1.165) is 6.26 Å². The van der Waals surface area contributed by atoms with Crippen molar-refractivity contribution in [2.24, 2.45) is 0 Å². The zero-order valence-corrected chi connectivity index (χ0v) is 10.3. The van der Waals surface area contributed by atoms with Crippen LogP contribution in [0, 0.1) is 0 Å². The molecular formula is C9H8ClN3O3S. The van der Waals surface area contributed by atoms with Crippen molar-refractivity contribution in [2.75, 3.05) is 10.6 Å². The van der Waals surface area contributed by atoms with Crippen molar-refractivity contribution < 1.29 is 13.2 Å². The van der Waals surface area contributed by atoms with E-state index in [1.807, 2.05) is 0 Å². The Hall–Kier alpha value is -1.60.